The third-order valence-corrected chi connectivity index (χ3v) is 2.51. The van der Waals surface area contributed by atoms with E-state index in [1.54, 1.807) is 37.4 Å². The number of hydrogen-bond acceptors (Lipinski definition) is 4. The van der Waals surface area contributed by atoms with Crippen molar-refractivity contribution in [2.24, 2.45) is 0 Å². The van der Waals surface area contributed by atoms with Crippen molar-refractivity contribution in [3.8, 4) is 11.5 Å². The maximum absolute atomic E-state index is 10.2. The second-order valence-electron chi connectivity index (χ2n) is 3.67. The molecule has 0 bridgehead atoms. The average molecular weight is 320 g/mol. The van der Waals surface area contributed by atoms with Crippen molar-refractivity contribution in [2.45, 2.75) is 0 Å². The molecular weight excluding hydrogens is 303 g/mol. The summed E-state index contributed by atoms with van der Waals surface area (Å²) in [5, 5.41) is 0. The van der Waals surface area contributed by atoms with Crippen molar-refractivity contribution >= 4 is 39.7 Å². The van der Waals surface area contributed by atoms with E-state index < -0.39 is 16.1 Å². The van der Waals surface area contributed by atoms with E-state index in [2.05, 4.69) is 0 Å². The van der Waals surface area contributed by atoms with Gasteiger partial charge in [0.25, 0.3) is 0 Å². The summed E-state index contributed by atoms with van der Waals surface area (Å²) in [4.78, 5) is 0. The molecule has 0 radical (unpaired) electrons. The molecule has 0 aromatic heterocycles. The Kier molecular flexibility index (Phi) is 10.1. The van der Waals surface area contributed by atoms with Crippen LogP contribution >= 0.6 is 0 Å². The topological polar surface area (TPSA) is 72.8 Å². The molecule has 0 aliphatic carbocycles. The van der Waals surface area contributed by atoms with E-state index in [0.717, 1.165) is 5.75 Å². The van der Waals surface area contributed by atoms with Gasteiger partial charge in [-0.2, -0.15) is 8.42 Å². The van der Waals surface area contributed by atoms with Crippen LogP contribution < -0.4 is 9.47 Å². The first-order valence-electron chi connectivity index (χ1n) is 5.73. The fraction of sp³-hybridized carbons (Fsp3) is 0.143. The first-order valence-corrected chi connectivity index (χ1v) is 7.34. The molecule has 0 fully saturated rings. The Morgan fingerprint density at radius 2 is 1.33 bits per heavy atom. The van der Waals surface area contributed by atoms with Crippen LogP contribution in [0, 0.1) is 0 Å². The Balaban J connectivity index is 0.000000390. The van der Waals surface area contributed by atoms with Gasteiger partial charge in [0.2, 0.25) is 5.94 Å². The summed E-state index contributed by atoms with van der Waals surface area (Å²) in [5.74, 6) is 0.611. The molecule has 0 heterocycles. The number of ether oxygens (including phenoxy) is 2. The van der Waals surface area contributed by atoms with Gasteiger partial charge in [-0.3, -0.25) is 4.55 Å². The summed E-state index contributed by atoms with van der Waals surface area (Å²) in [6.45, 7) is 0. The van der Waals surface area contributed by atoms with E-state index >= 15 is 0 Å². The molecule has 0 spiro atoms. The van der Waals surface area contributed by atoms with Crippen molar-refractivity contribution in [3.05, 3.63) is 60.7 Å². The van der Waals surface area contributed by atoms with E-state index in [0.29, 0.717) is 5.75 Å². The van der Waals surface area contributed by atoms with Gasteiger partial charge in [-0.1, -0.05) is 36.4 Å². The molecule has 110 valence electrons. The van der Waals surface area contributed by atoms with Gasteiger partial charge in [0.05, 0.1) is 7.11 Å². The molecule has 2 aromatic rings. The van der Waals surface area contributed by atoms with Crippen LogP contribution in [-0.2, 0) is 10.1 Å². The quantitative estimate of drug-likeness (QED) is 0.688. The van der Waals surface area contributed by atoms with Gasteiger partial charge in [0.15, 0.2) is 0 Å². The third kappa shape index (κ3) is 10.3. The Labute approximate surface area is 146 Å². The van der Waals surface area contributed by atoms with Crippen LogP contribution in [0.15, 0.2) is 60.7 Å². The second-order valence-corrected chi connectivity index (χ2v) is 5.07. The van der Waals surface area contributed by atoms with E-state index in [1.165, 1.54) is 0 Å². The first kappa shape index (κ1) is 19.9. The minimum absolute atomic E-state index is 0. The Morgan fingerprint density at radius 3 is 1.67 bits per heavy atom. The SMILES string of the molecule is COc1ccccc1.O=S(=O)(O)COc1ccccc1.[NaH]. The average Bonchev–Trinajstić information content (AvgIpc) is 2.47. The molecule has 0 saturated carbocycles. The second kappa shape index (κ2) is 10.6. The number of para-hydroxylation sites is 2. The molecule has 0 aliphatic rings. The fourth-order valence-electron chi connectivity index (χ4n) is 1.22. The van der Waals surface area contributed by atoms with Crippen LogP contribution in [-0.4, -0.2) is 55.6 Å². The predicted molar refractivity (Wildman–Crippen MR) is 83.6 cm³/mol. The van der Waals surface area contributed by atoms with Gasteiger partial charge in [-0.25, -0.2) is 0 Å². The molecule has 5 nitrogen and oxygen atoms in total. The molecule has 0 atom stereocenters. The van der Waals surface area contributed by atoms with E-state index in [1.807, 2.05) is 30.3 Å². The van der Waals surface area contributed by atoms with Gasteiger partial charge in [0.1, 0.15) is 11.5 Å². The van der Waals surface area contributed by atoms with Crippen LogP contribution in [0.5, 0.6) is 11.5 Å². The molecule has 7 heteroatoms. The number of benzene rings is 2. The summed E-state index contributed by atoms with van der Waals surface area (Å²) >= 11 is 0. The number of rotatable bonds is 4. The molecule has 2 aromatic carbocycles. The van der Waals surface area contributed by atoms with Crippen LogP contribution in [0.1, 0.15) is 0 Å². The van der Waals surface area contributed by atoms with Crippen molar-refractivity contribution in [3.63, 3.8) is 0 Å². The summed E-state index contributed by atoms with van der Waals surface area (Å²) in [6.07, 6.45) is 0. The maximum atomic E-state index is 10.2. The van der Waals surface area contributed by atoms with Crippen LogP contribution in [0.25, 0.3) is 0 Å². The van der Waals surface area contributed by atoms with Gasteiger partial charge in [-0.15, -0.1) is 0 Å². The Hall–Kier alpha value is -1.05. The summed E-state index contributed by atoms with van der Waals surface area (Å²) in [5.41, 5.74) is 0. The van der Waals surface area contributed by atoms with Crippen molar-refractivity contribution < 1.29 is 22.4 Å². The molecule has 2 rings (SSSR count). The van der Waals surface area contributed by atoms with E-state index in [9.17, 15) is 8.42 Å². The molecule has 0 saturated heterocycles. The third-order valence-electron chi connectivity index (χ3n) is 2.10. The van der Waals surface area contributed by atoms with Crippen LogP contribution in [0.2, 0.25) is 0 Å². The van der Waals surface area contributed by atoms with Crippen molar-refractivity contribution in [1.29, 1.82) is 0 Å². The minimum atomic E-state index is -4.04. The molecule has 1 N–H and O–H groups in total. The summed E-state index contributed by atoms with van der Waals surface area (Å²) in [7, 11) is -2.38. The van der Waals surface area contributed by atoms with Crippen LogP contribution in [0.4, 0.5) is 0 Å². The zero-order valence-corrected chi connectivity index (χ0v) is 11.8. The zero-order chi connectivity index (χ0) is 14.8. The monoisotopic (exact) mass is 320 g/mol. The number of hydrogen-bond donors (Lipinski definition) is 1. The van der Waals surface area contributed by atoms with Crippen molar-refractivity contribution in [1.82, 2.24) is 0 Å². The Bertz CT molecular complexity index is 587. The molecule has 21 heavy (non-hydrogen) atoms. The van der Waals surface area contributed by atoms with Gasteiger partial charge < -0.3 is 9.47 Å². The van der Waals surface area contributed by atoms with Crippen molar-refractivity contribution in [2.75, 3.05) is 13.0 Å². The summed E-state index contributed by atoms with van der Waals surface area (Å²) < 4.78 is 38.4. The number of methoxy groups -OCH3 is 1. The predicted octanol–water partition coefficient (Wildman–Crippen LogP) is 1.96. The normalized spacial score (nSPS) is 9.62. The molecule has 0 aliphatic heterocycles. The fourth-order valence-corrected chi connectivity index (χ4v) is 1.50. The standard InChI is InChI=1S/C7H8O4S.C7H8O.Na.H/c8-12(9,10)6-11-7-4-2-1-3-5-7;1-8-7-5-3-2-4-6-7;;/h1-5H,6H2,(H,8,9,10);2-6H,1H3;;. The van der Waals surface area contributed by atoms with E-state index in [-0.39, 0.29) is 29.6 Å². The van der Waals surface area contributed by atoms with Crippen LogP contribution in [0.3, 0.4) is 0 Å². The summed E-state index contributed by atoms with van der Waals surface area (Å²) in [6, 6.07) is 18.1. The zero-order valence-electron chi connectivity index (χ0n) is 11.0. The van der Waals surface area contributed by atoms with Gasteiger partial charge >= 0.3 is 39.7 Å². The molecule has 0 unspecified atom stereocenters. The Morgan fingerprint density at radius 1 is 0.905 bits per heavy atom. The van der Waals surface area contributed by atoms with E-state index in [4.69, 9.17) is 14.0 Å². The van der Waals surface area contributed by atoms with Gasteiger partial charge in [0, 0.05) is 0 Å². The first-order chi connectivity index (χ1) is 9.51. The molecule has 0 amide bonds. The molecular formula is C14H17NaO5S. The van der Waals surface area contributed by atoms with Gasteiger partial charge in [-0.05, 0) is 24.3 Å².